The van der Waals surface area contributed by atoms with Crippen LogP contribution in [-0.4, -0.2) is 21.6 Å². The van der Waals surface area contributed by atoms with E-state index in [9.17, 15) is 4.79 Å². The number of allylic oxidation sites excluding steroid dienone is 2. The number of nitrogens with one attached hydrogen (secondary N) is 1. The van der Waals surface area contributed by atoms with Crippen LogP contribution in [0.25, 0.3) is 17.1 Å². The number of imidazole rings is 1. The van der Waals surface area contributed by atoms with Crippen LogP contribution in [0, 0.1) is 19.3 Å². The number of fused-ring (bicyclic) bond motifs is 1. The van der Waals surface area contributed by atoms with Crippen LogP contribution in [0.2, 0.25) is 0 Å². The molecule has 0 aliphatic carbocycles. The number of hydrogen-bond acceptors (Lipinski definition) is 4. The van der Waals surface area contributed by atoms with E-state index in [1.54, 1.807) is 10.8 Å². The number of aromatic amines is 1. The minimum atomic E-state index is -0.203. The second kappa shape index (κ2) is 8.86. The van der Waals surface area contributed by atoms with Crippen LogP contribution in [0.4, 0.5) is 5.69 Å². The Labute approximate surface area is 186 Å². The summed E-state index contributed by atoms with van der Waals surface area (Å²) in [4.78, 5) is 21.4. The zero-order valence-corrected chi connectivity index (χ0v) is 18.1. The zero-order chi connectivity index (χ0) is 22.7. The molecule has 2 aromatic rings. The predicted molar refractivity (Wildman–Crippen MR) is 127 cm³/mol. The summed E-state index contributed by atoms with van der Waals surface area (Å²) in [6.45, 7) is 1.96. The van der Waals surface area contributed by atoms with Gasteiger partial charge in [-0.3, -0.25) is 9.36 Å². The first-order valence-corrected chi connectivity index (χ1v) is 10.2. The first kappa shape index (κ1) is 21.0. The van der Waals surface area contributed by atoms with Crippen molar-refractivity contribution in [2.45, 2.75) is 19.8 Å². The van der Waals surface area contributed by atoms with Crippen molar-refractivity contribution in [2.24, 2.45) is 0 Å². The average molecular weight is 425 g/mol. The Morgan fingerprint density at radius 3 is 2.75 bits per heavy atom. The Morgan fingerprint density at radius 2 is 2.03 bits per heavy atom. The SMILES string of the molecule is C#C/C=C(/Cc1nc2c(Cc3ccccc3)[nH]c(-c3cccc(N)c3C)cn-2c1=O)OC. The molecule has 0 unspecified atom stereocenters. The van der Waals surface area contributed by atoms with Gasteiger partial charge < -0.3 is 15.5 Å². The van der Waals surface area contributed by atoms with E-state index in [1.165, 1.54) is 13.2 Å². The molecular weight excluding hydrogens is 400 g/mol. The van der Waals surface area contributed by atoms with E-state index in [-0.39, 0.29) is 12.0 Å². The van der Waals surface area contributed by atoms with Gasteiger partial charge in [-0.25, -0.2) is 4.98 Å². The molecule has 0 fully saturated rings. The van der Waals surface area contributed by atoms with Crippen LogP contribution in [0.15, 0.2) is 71.4 Å². The number of hydrogen-bond donors (Lipinski definition) is 2. The average Bonchev–Trinajstić information content (AvgIpc) is 3.11. The fourth-order valence-corrected chi connectivity index (χ4v) is 3.74. The maximum absolute atomic E-state index is 13.3. The van der Waals surface area contributed by atoms with Crippen molar-refractivity contribution in [2.75, 3.05) is 12.8 Å². The molecule has 0 spiro atoms. The lowest BCUT2D eigenvalue weighted by atomic mass is 10.0. The predicted octanol–water partition coefficient (Wildman–Crippen LogP) is 3.85. The van der Waals surface area contributed by atoms with E-state index < -0.39 is 0 Å². The molecule has 2 aliphatic heterocycles. The summed E-state index contributed by atoms with van der Waals surface area (Å²) in [5, 5.41) is 0. The number of ether oxygens (including phenoxy) is 1. The Hall–Kier alpha value is -4.24. The smallest absolute Gasteiger partial charge is 0.278 e. The number of terminal acetylenes is 1. The van der Waals surface area contributed by atoms with Crippen molar-refractivity contribution in [3.8, 4) is 29.4 Å². The topological polar surface area (TPSA) is 85.9 Å². The standard InChI is InChI=1S/C26H24N4O2/c1-4-9-19(32-3)15-23-26(31)30-16-24(20-12-8-13-21(27)17(20)2)28-22(25(30)29-23)14-18-10-6-5-7-11-18/h1,5-13,16,28H,14-15,27H2,2-3H3/b19-9-. The van der Waals surface area contributed by atoms with Gasteiger partial charge in [-0.2, -0.15) is 0 Å². The van der Waals surface area contributed by atoms with Crippen LogP contribution in [-0.2, 0) is 17.6 Å². The number of nitrogens with two attached hydrogens (primary N) is 1. The maximum atomic E-state index is 13.3. The largest absolute Gasteiger partial charge is 0.500 e. The number of rotatable bonds is 6. The van der Waals surface area contributed by atoms with Crippen LogP contribution >= 0.6 is 0 Å². The fourth-order valence-electron chi connectivity index (χ4n) is 3.74. The Balaban J connectivity index is 1.91. The highest BCUT2D eigenvalue weighted by atomic mass is 16.5. The molecule has 2 aliphatic rings. The molecule has 6 nitrogen and oxygen atoms in total. The van der Waals surface area contributed by atoms with Gasteiger partial charge in [0, 0.05) is 29.9 Å². The molecule has 0 saturated heterocycles. The zero-order valence-electron chi connectivity index (χ0n) is 18.1. The molecule has 0 bridgehead atoms. The quantitative estimate of drug-likeness (QED) is 0.280. The van der Waals surface area contributed by atoms with E-state index >= 15 is 0 Å². The Bertz CT molecular complexity index is 1360. The van der Waals surface area contributed by atoms with Crippen molar-refractivity contribution in [1.29, 1.82) is 0 Å². The van der Waals surface area contributed by atoms with E-state index in [0.29, 0.717) is 29.4 Å². The number of nitrogens with zero attached hydrogens (tertiary/aromatic N) is 2. The van der Waals surface area contributed by atoms with Crippen LogP contribution in [0.1, 0.15) is 22.5 Å². The minimum absolute atomic E-state index is 0.203. The number of benzene rings is 2. The van der Waals surface area contributed by atoms with Crippen molar-refractivity contribution in [3.05, 3.63) is 99.4 Å². The van der Waals surface area contributed by atoms with E-state index in [0.717, 1.165) is 28.1 Å². The molecule has 0 saturated carbocycles. The van der Waals surface area contributed by atoms with Gasteiger partial charge in [0.05, 0.1) is 24.9 Å². The molecule has 2 heterocycles. The molecule has 32 heavy (non-hydrogen) atoms. The highest BCUT2D eigenvalue weighted by Gasteiger charge is 2.21. The molecule has 0 radical (unpaired) electrons. The van der Waals surface area contributed by atoms with Crippen LogP contribution < -0.4 is 11.3 Å². The van der Waals surface area contributed by atoms with Gasteiger partial charge in [-0.15, -0.1) is 6.42 Å². The monoisotopic (exact) mass is 424 g/mol. The number of nitrogen functional groups attached to an aromatic ring is 1. The number of methoxy groups -OCH3 is 1. The molecular formula is C26H24N4O2. The summed E-state index contributed by atoms with van der Waals surface area (Å²) < 4.78 is 6.89. The van der Waals surface area contributed by atoms with Gasteiger partial charge in [-0.05, 0) is 24.1 Å². The van der Waals surface area contributed by atoms with Crippen LogP contribution in [0.5, 0.6) is 0 Å². The van der Waals surface area contributed by atoms with Gasteiger partial charge in [-0.1, -0.05) is 48.4 Å². The van der Waals surface area contributed by atoms with E-state index in [1.807, 2.05) is 55.5 Å². The molecule has 2 aromatic carbocycles. The van der Waals surface area contributed by atoms with E-state index in [2.05, 4.69) is 15.9 Å². The number of H-pyrrole nitrogens is 1. The lowest BCUT2D eigenvalue weighted by Gasteiger charge is -2.15. The van der Waals surface area contributed by atoms with Gasteiger partial charge in [0.15, 0.2) is 5.82 Å². The molecule has 0 amide bonds. The normalized spacial score (nSPS) is 11.5. The summed E-state index contributed by atoms with van der Waals surface area (Å²) in [5.41, 5.74) is 11.6. The Morgan fingerprint density at radius 1 is 1.25 bits per heavy atom. The third-order valence-electron chi connectivity index (χ3n) is 5.49. The van der Waals surface area contributed by atoms with Gasteiger partial charge in [0.1, 0.15) is 11.5 Å². The molecule has 6 heteroatoms. The lowest BCUT2D eigenvalue weighted by molar-refractivity contribution is 0.283. The first-order valence-electron chi connectivity index (χ1n) is 10.2. The number of anilines is 1. The summed E-state index contributed by atoms with van der Waals surface area (Å²) in [5.74, 6) is 3.52. The fraction of sp³-hybridized carbons (Fsp3) is 0.154. The third kappa shape index (κ3) is 4.01. The lowest BCUT2D eigenvalue weighted by Crippen LogP contribution is -2.18. The van der Waals surface area contributed by atoms with Gasteiger partial charge in [0.25, 0.3) is 5.56 Å². The summed E-state index contributed by atoms with van der Waals surface area (Å²) >= 11 is 0. The molecule has 0 atom stereocenters. The molecule has 0 aromatic heterocycles. The third-order valence-corrected chi connectivity index (χ3v) is 5.49. The first-order chi connectivity index (χ1) is 15.5. The highest BCUT2D eigenvalue weighted by Crippen LogP contribution is 2.28. The van der Waals surface area contributed by atoms with E-state index in [4.69, 9.17) is 16.9 Å². The summed E-state index contributed by atoms with van der Waals surface area (Å²) in [7, 11) is 1.53. The Kier molecular flexibility index (Phi) is 5.82. The molecule has 160 valence electrons. The number of aromatic nitrogens is 3. The van der Waals surface area contributed by atoms with Crippen molar-refractivity contribution in [3.63, 3.8) is 0 Å². The van der Waals surface area contributed by atoms with Gasteiger partial charge >= 0.3 is 0 Å². The second-order valence-corrected chi connectivity index (χ2v) is 7.54. The summed E-state index contributed by atoms with van der Waals surface area (Å²) in [6.07, 6.45) is 9.46. The van der Waals surface area contributed by atoms with Crippen LogP contribution in [0.3, 0.4) is 0 Å². The summed E-state index contributed by atoms with van der Waals surface area (Å²) in [6, 6.07) is 15.8. The van der Waals surface area contributed by atoms with Crippen molar-refractivity contribution < 1.29 is 4.74 Å². The molecule has 3 N–H and O–H groups in total. The van der Waals surface area contributed by atoms with Crippen molar-refractivity contribution in [1.82, 2.24) is 14.5 Å². The maximum Gasteiger partial charge on any atom is 0.278 e. The minimum Gasteiger partial charge on any atom is -0.500 e. The second-order valence-electron chi connectivity index (χ2n) is 7.54. The van der Waals surface area contributed by atoms with Gasteiger partial charge in [0.2, 0.25) is 0 Å². The van der Waals surface area contributed by atoms with Crippen molar-refractivity contribution >= 4 is 5.69 Å². The molecule has 4 rings (SSSR count). The highest BCUT2D eigenvalue weighted by molar-refractivity contribution is 5.70.